The maximum absolute atomic E-state index is 12.9. The molecular formula is C25H34O6. The molecule has 0 bridgehead atoms. The Kier molecular flexibility index (Phi) is 4.79. The zero-order valence-electron chi connectivity index (χ0n) is 19.2. The Morgan fingerprint density at radius 3 is 2.52 bits per heavy atom. The van der Waals surface area contributed by atoms with Crippen molar-refractivity contribution in [2.75, 3.05) is 6.61 Å². The van der Waals surface area contributed by atoms with Crippen LogP contribution in [-0.4, -0.2) is 50.5 Å². The van der Waals surface area contributed by atoms with Crippen LogP contribution in [0.2, 0.25) is 0 Å². The standard InChI is InChI=1S/C25H34O6/c1-7-13(2)21(28)31-24-10-15(4)25(30)17(19(24)22(24,5)6)9-16(12-26)11-23(29)18(25)8-14(3)20(23)27/h7-9,15,17-19,26,29-30H,10-12H2,1-6H3/b13-7+/t15-,17+,18-,19?,23-,24+,25-/m1/s1. The minimum Gasteiger partial charge on any atom is -0.455 e. The number of Topliss-reactive ketones (excluding diaryl/α,β-unsaturated/α-hetero) is 1. The van der Waals surface area contributed by atoms with E-state index in [1.165, 1.54) is 0 Å². The molecule has 6 nitrogen and oxygen atoms in total. The van der Waals surface area contributed by atoms with Crippen molar-refractivity contribution in [2.24, 2.45) is 29.1 Å². The first-order chi connectivity index (χ1) is 14.3. The second-order valence-corrected chi connectivity index (χ2v) is 10.7. The van der Waals surface area contributed by atoms with Gasteiger partial charge < -0.3 is 20.1 Å². The van der Waals surface area contributed by atoms with Gasteiger partial charge in [0.2, 0.25) is 0 Å². The molecule has 4 rings (SSSR count). The summed E-state index contributed by atoms with van der Waals surface area (Å²) >= 11 is 0. The lowest BCUT2D eigenvalue weighted by Gasteiger charge is -2.50. The Labute approximate surface area is 183 Å². The molecule has 2 saturated carbocycles. The van der Waals surface area contributed by atoms with Gasteiger partial charge in [-0.3, -0.25) is 4.79 Å². The number of ether oxygens (including phenoxy) is 1. The fraction of sp³-hybridized carbons (Fsp3) is 0.680. The second kappa shape index (κ2) is 6.63. The van der Waals surface area contributed by atoms with Crippen LogP contribution in [0, 0.1) is 29.1 Å². The first kappa shape index (κ1) is 22.4. The summed E-state index contributed by atoms with van der Waals surface area (Å²) in [6, 6.07) is 0. The van der Waals surface area contributed by atoms with E-state index in [1.807, 2.05) is 26.8 Å². The molecule has 7 atom stereocenters. The Hall–Kier alpha value is -1.76. The molecular weight excluding hydrogens is 396 g/mol. The van der Waals surface area contributed by atoms with Crippen LogP contribution in [0.1, 0.15) is 54.4 Å². The number of aliphatic hydroxyl groups is 3. The molecule has 2 fully saturated rings. The average molecular weight is 431 g/mol. The van der Waals surface area contributed by atoms with E-state index in [0.29, 0.717) is 23.1 Å². The lowest BCUT2D eigenvalue weighted by Crippen LogP contribution is -2.61. The highest BCUT2D eigenvalue weighted by Crippen LogP contribution is 2.76. The number of hydrogen-bond donors (Lipinski definition) is 3. The van der Waals surface area contributed by atoms with Gasteiger partial charge in [0.25, 0.3) is 0 Å². The van der Waals surface area contributed by atoms with E-state index < -0.39 is 34.1 Å². The van der Waals surface area contributed by atoms with Crippen molar-refractivity contribution in [3.8, 4) is 0 Å². The van der Waals surface area contributed by atoms with Crippen LogP contribution in [0.4, 0.5) is 0 Å². The van der Waals surface area contributed by atoms with Crippen molar-refractivity contribution < 1.29 is 29.6 Å². The second-order valence-electron chi connectivity index (χ2n) is 10.7. The topological polar surface area (TPSA) is 104 Å². The van der Waals surface area contributed by atoms with E-state index in [0.717, 1.165) is 0 Å². The lowest BCUT2D eigenvalue weighted by atomic mass is 9.60. The maximum Gasteiger partial charge on any atom is 0.333 e. The van der Waals surface area contributed by atoms with Crippen molar-refractivity contribution in [3.05, 3.63) is 34.9 Å². The predicted octanol–water partition coefficient (Wildman–Crippen LogP) is 2.48. The van der Waals surface area contributed by atoms with Crippen LogP contribution >= 0.6 is 0 Å². The summed E-state index contributed by atoms with van der Waals surface area (Å²) in [7, 11) is 0. The Bertz CT molecular complexity index is 942. The number of carbonyl (C=O) groups is 2. The van der Waals surface area contributed by atoms with Gasteiger partial charge in [-0.1, -0.05) is 39.0 Å². The molecule has 3 N–H and O–H groups in total. The lowest BCUT2D eigenvalue weighted by molar-refractivity contribution is -0.185. The van der Waals surface area contributed by atoms with Gasteiger partial charge in [-0.05, 0) is 44.3 Å². The quantitative estimate of drug-likeness (QED) is 0.361. The molecule has 0 aliphatic heterocycles. The number of aliphatic hydroxyl groups excluding tert-OH is 1. The molecule has 0 aromatic rings. The molecule has 0 aromatic carbocycles. The number of hydrogen-bond acceptors (Lipinski definition) is 6. The Morgan fingerprint density at radius 1 is 1.29 bits per heavy atom. The first-order valence-electron chi connectivity index (χ1n) is 11.2. The number of allylic oxidation sites excluding steroid dienone is 1. The van der Waals surface area contributed by atoms with Gasteiger partial charge in [0.15, 0.2) is 5.78 Å². The molecule has 0 saturated heterocycles. The van der Waals surface area contributed by atoms with Crippen molar-refractivity contribution in [2.45, 2.75) is 71.2 Å². The van der Waals surface area contributed by atoms with E-state index in [-0.39, 0.29) is 36.6 Å². The van der Waals surface area contributed by atoms with Crippen molar-refractivity contribution in [3.63, 3.8) is 0 Å². The van der Waals surface area contributed by atoms with Crippen LogP contribution in [0.3, 0.4) is 0 Å². The van der Waals surface area contributed by atoms with Crippen molar-refractivity contribution >= 4 is 11.8 Å². The first-order valence-corrected chi connectivity index (χ1v) is 11.2. The Balaban J connectivity index is 1.85. The van der Waals surface area contributed by atoms with Crippen LogP contribution in [0.15, 0.2) is 34.9 Å². The summed E-state index contributed by atoms with van der Waals surface area (Å²) < 4.78 is 6.12. The normalized spacial score (nSPS) is 45.6. The molecule has 0 heterocycles. The monoisotopic (exact) mass is 430 g/mol. The van der Waals surface area contributed by atoms with E-state index >= 15 is 0 Å². The van der Waals surface area contributed by atoms with Gasteiger partial charge in [-0.25, -0.2) is 4.79 Å². The third kappa shape index (κ3) is 2.61. The summed E-state index contributed by atoms with van der Waals surface area (Å²) in [6.45, 7) is 10.9. The summed E-state index contributed by atoms with van der Waals surface area (Å²) in [4.78, 5) is 25.6. The highest BCUT2D eigenvalue weighted by atomic mass is 16.6. The fourth-order valence-electron chi connectivity index (χ4n) is 6.96. The molecule has 170 valence electrons. The highest BCUT2D eigenvalue weighted by molar-refractivity contribution is 6.04. The van der Waals surface area contributed by atoms with Crippen LogP contribution in [0.5, 0.6) is 0 Å². The van der Waals surface area contributed by atoms with Gasteiger partial charge in [-0.15, -0.1) is 0 Å². The van der Waals surface area contributed by atoms with E-state index in [9.17, 15) is 24.9 Å². The molecule has 4 aliphatic rings. The van der Waals surface area contributed by atoms with E-state index in [2.05, 4.69) is 0 Å². The van der Waals surface area contributed by atoms with Crippen LogP contribution < -0.4 is 0 Å². The number of rotatable bonds is 3. The summed E-state index contributed by atoms with van der Waals surface area (Å²) in [5.74, 6) is -2.55. The minimum atomic E-state index is -1.77. The van der Waals surface area contributed by atoms with Gasteiger partial charge in [0.1, 0.15) is 11.2 Å². The van der Waals surface area contributed by atoms with Gasteiger partial charge in [0.05, 0.1) is 12.2 Å². The largest absolute Gasteiger partial charge is 0.455 e. The van der Waals surface area contributed by atoms with Crippen molar-refractivity contribution in [1.82, 2.24) is 0 Å². The molecule has 31 heavy (non-hydrogen) atoms. The average Bonchev–Trinajstić information content (AvgIpc) is 3.11. The summed E-state index contributed by atoms with van der Waals surface area (Å²) in [5.41, 5.74) is -2.81. The Morgan fingerprint density at radius 2 is 1.94 bits per heavy atom. The molecule has 1 unspecified atom stereocenters. The zero-order valence-corrected chi connectivity index (χ0v) is 19.2. The predicted molar refractivity (Wildman–Crippen MR) is 115 cm³/mol. The fourth-order valence-corrected chi connectivity index (χ4v) is 6.96. The summed E-state index contributed by atoms with van der Waals surface area (Å²) in [5, 5.41) is 33.7. The van der Waals surface area contributed by atoms with Crippen LogP contribution in [-0.2, 0) is 14.3 Å². The SMILES string of the molecule is C/C=C(\C)C(=O)O[C@@]12C[C@@H](C)[C@@]3(O)[C@@H](C=C(CO)C[C@]4(O)C(=O)C(C)=C[C@@H]34)C1C2(C)C. The molecule has 0 aromatic heterocycles. The number of esters is 1. The summed E-state index contributed by atoms with van der Waals surface area (Å²) in [6.07, 6.45) is 5.70. The number of carbonyl (C=O) groups excluding carboxylic acids is 2. The third-order valence-corrected chi connectivity index (χ3v) is 8.90. The minimum absolute atomic E-state index is 0.00993. The highest BCUT2D eigenvalue weighted by Gasteiger charge is 2.83. The van der Waals surface area contributed by atoms with E-state index in [4.69, 9.17) is 4.74 Å². The van der Waals surface area contributed by atoms with Crippen LogP contribution in [0.25, 0.3) is 0 Å². The van der Waals surface area contributed by atoms with Crippen molar-refractivity contribution in [1.29, 1.82) is 0 Å². The van der Waals surface area contributed by atoms with Gasteiger partial charge in [-0.2, -0.15) is 0 Å². The van der Waals surface area contributed by atoms with E-state index in [1.54, 1.807) is 32.9 Å². The van der Waals surface area contributed by atoms with Gasteiger partial charge >= 0.3 is 5.97 Å². The number of ketones is 1. The molecule has 0 spiro atoms. The molecule has 4 aliphatic carbocycles. The third-order valence-electron chi connectivity index (χ3n) is 8.90. The zero-order chi connectivity index (χ0) is 23.1. The molecule has 0 radical (unpaired) electrons. The van der Waals surface area contributed by atoms with Gasteiger partial charge in [0, 0.05) is 35.2 Å². The smallest absolute Gasteiger partial charge is 0.333 e. The number of fused-ring (bicyclic) bond motifs is 5. The molecule has 6 heteroatoms. The molecule has 0 amide bonds. The maximum atomic E-state index is 12.9.